The summed E-state index contributed by atoms with van der Waals surface area (Å²) in [7, 11) is -3.49. The molecule has 392 valence electrons. The second-order valence-electron chi connectivity index (χ2n) is 18.2. The van der Waals surface area contributed by atoms with Gasteiger partial charge in [-0.05, 0) is 82.5 Å². The summed E-state index contributed by atoms with van der Waals surface area (Å²) in [6.07, 6.45) is -2.55. The van der Waals surface area contributed by atoms with Crippen LogP contribution < -0.4 is 36.7 Å². The fraction of sp³-hybridized carbons (Fsp3) is 0.460. The summed E-state index contributed by atoms with van der Waals surface area (Å²) in [6, 6.07) is 25.0. The van der Waals surface area contributed by atoms with Crippen LogP contribution >= 0.6 is 8.53 Å². The Bertz CT molecular complexity index is 3000. The molecular weight excluding hydrogens is 986 g/mol. The molecule has 1 unspecified atom stereocenters. The van der Waals surface area contributed by atoms with Crippen LogP contribution in [0.3, 0.4) is 0 Å². The third-order valence-electron chi connectivity index (χ3n) is 12.5. The van der Waals surface area contributed by atoms with Gasteiger partial charge < -0.3 is 32.7 Å². The quantitative estimate of drug-likeness (QED) is 0.0432. The number of H-pyrrole nitrogens is 2. The molecule has 2 aliphatic rings. The zero-order chi connectivity index (χ0) is 52.6. The van der Waals surface area contributed by atoms with Gasteiger partial charge in [-0.2, -0.15) is 18.4 Å². The zero-order valence-electron chi connectivity index (χ0n) is 41.9. The van der Waals surface area contributed by atoms with E-state index in [0.717, 1.165) is 5.56 Å². The lowest BCUT2D eigenvalue weighted by atomic mass is 9.80. The third-order valence-corrected chi connectivity index (χ3v) is 15.7. The van der Waals surface area contributed by atoms with Gasteiger partial charge in [0.25, 0.3) is 19.6 Å². The van der Waals surface area contributed by atoms with Crippen LogP contribution in [-0.2, 0) is 43.3 Å². The fourth-order valence-corrected chi connectivity index (χ4v) is 11.7. The number of rotatable bonds is 23. The molecule has 23 heteroatoms. The first-order valence-corrected chi connectivity index (χ1v) is 26.3. The average molecular weight is 1050 g/mol. The van der Waals surface area contributed by atoms with E-state index in [9.17, 15) is 32.9 Å². The molecular formula is C50H62N7O14PS. The Labute approximate surface area is 424 Å². The first-order valence-electron chi connectivity index (χ1n) is 23.7. The van der Waals surface area contributed by atoms with Crippen LogP contribution in [0.5, 0.6) is 11.5 Å². The van der Waals surface area contributed by atoms with E-state index in [4.69, 9.17) is 36.9 Å². The molecule has 2 aromatic heterocycles. The molecule has 7 atom stereocenters. The Morgan fingerprint density at radius 3 is 1.78 bits per heavy atom. The van der Waals surface area contributed by atoms with Crippen LogP contribution in [0.25, 0.3) is 0 Å². The second kappa shape index (κ2) is 24.0. The molecule has 3 aromatic carbocycles. The molecule has 21 nitrogen and oxygen atoms in total. The van der Waals surface area contributed by atoms with E-state index in [2.05, 4.69) is 20.8 Å². The van der Waals surface area contributed by atoms with Gasteiger partial charge in [-0.1, -0.05) is 54.6 Å². The molecule has 7 rings (SSSR count). The zero-order valence-corrected chi connectivity index (χ0v) is 43.6. The van der Waals surface area contributed by atoms with Gasteiger partial charge in [-0.25, -0.2) is 14.3 Å². The Kier molecular flexibility index (Phi) is 18.1. The van der Waals surface area contributed by atoms with Crippen molar-refractivity contribution in [3.05, 3.63) is 161 Å². The van der Waals surface area contributed by atoms with E-state index < -0.39 is 90.3 Å². The van der Waals surface area contributed by atoms with E-state index in [1.807, 2.05) is 87.0 Å². The van der Waals surface area contributed by atoms with Crippen molar-refractivity contribution in [2.45, 2.75) is 115 Å². The van der Waals surface area contributed by atoms with Crippen molar-refractivity contribution in [2.75, 3.05) is 34.0 Å². The summed E-state index contributed by atoms with van der Waals surface area (Å²) >= 11 is 0. The number of hydrogen-bond donors (Lipinski definition) is 3. The molecule has 5 aromatic rings. The molecule has 2 fully saturated rings. The monoisotopic (exact) mass is 1050 g/mol. The van der Waals surface area contributed by atoms with Crippen LogP contribution in [0, 0.1) is 25.2 Å². The van der Waals surface area contributed by atoms with Crippen molar-refractivity contribution in [1.82, 2.24) is 28.5 Å². The molecule has 4 heterocycles. The summed E-state index contributed by atoms with van der Waals surface area (Å²) in [5, 5.41) is 9.32. The summed E-state index contributed by atoms with van der Waals surface area (Å²) in [5.74, 6) is 1.21. The van der Waals surface area contributed by atoms with E-state index in [0.29, 0.717) is 22.6 Å². The standard InChI is InChI=1S/C50H62N7O14PS/c1-31(2)57(32(3)4)72(67-24-12-23-51)71-41-26-45(56-28-34(6)47(59)53-49(56)61)70-43(41)30-68-73(62,63)54-40-25-44(55-27-33(5)46(58)52-48(55)60)69-42(40)29-66-50(35-13-10-9-11-14-35,36-15-19-38(64-7)20-16-36)37-17-21-39(65-8)22-18-37/h9-11,13-22,27-28,31-32,40-45,54H,12,24-26,29-30H2,1-8H3,(H,52,58,60)(H,53,59,61)/t40-,41-,42+,43+,44+,45+,72?/m0/s1. The number of ether oxygens (including phenoxy) is 5. The van der Waals surface area contributed by atoms with E-state index in [1.165, 1.54) is 35.4 Å². The minimum absolute atomic E-state index is 0.0216. The predicted molar refractivity (Wildman–Crippen MR) is 269 cm³/mol. The average Bonchev–Trinajstić information content (AvgIpc) is 3.96. The summed E-state index contributed by atoms with van der Waals surface area (Å²) in [4.78, 5) is 55.8. The van der Waals surface area contributed by atoms with Crippen LogP contribution in [0.2, 0.25) is 0 Å². The summed E-state index contributed by atoms with van der Waals surface area (Å²) < 4.78 is 85.3. The van der Waals surface area contributed by atoms with Gasteiger partial charge >= 0.3 is 21.7 Å². The fourth-order valence-electron chi connectivity index (χ4n) is 8.98. The highest BCUT2D eigenvalue weighted by molar-refractivity contribution is 7.84. The molecule has 0 amide bonds. The van der Waals surface area contributed by atoms with Crippen LogP contribution in [-0.4, -0.2) is 103 Å². The van der Waals surface area contributed by atoms with Crippen molar-refractivity contribution < 1.29 is 45.3 Å². The lowest BCUT2D eigenvalue weighted by Crippen LogP contribution is -2.45. The molecule has 3 N–H and O–H groups in total. The van der Waals surface area contributed by atoms with Gasteiger partial charge in [0.05, 0.1) is 58.7 Å². The lowest BCUT2D eigenvalue weighted by molar-refractivity contribution is -0.0806. The number of nitrogens with zero attached hydrogens (tertiary/aromatic N) is 4. The highest BCUT2D eigenvalue weighted by Crippen LogP contribution is 2.50. The van der Waals surface area contributed by atoms with Crippen LogP contribution in [0.1, 0.15) is 87.2 Å². The van der Waals surface area contributed by atoms with Gasteiger partial charge in [0.15, 0.2) is 0 Å². The van der Waals surface area contributed by atoms with Crippen molar-refractivity contribution >= 4 is 18.8 Å². The van der Waals surface area contributed by atoms with Crippen LogP contribution in [0.4, 0.5) is 0 Å². The van der Waals surface area contributed by atoms with Gasteiger partial charge in [0.2, 0.25) is 0 Å². The maximum absolute atomic E-state index is 14.3. The van der Waals surface area contributed by atoms with Crippen molar-refractivity contribution in [3.63, 3.8) is 0 Å². The molecule has 2 aliphatic heterocycles. The van der Waals surface area contributed by atoms with E-state index in [1.54, 1.807) is 38.5 Å². The Balaban J connectivity index is 1.22. The van der Waals surface area contributed by atoms with Crippen molar-refractivity contribution in [1.29, 1.82) is 5.26 Å². The van der Waals surface area contributed by atoms with E-state index in [-0.39, 0.29) is 55.7 Å². The minimum atomic E-state index is -4.74. The number of aromatic amines is 2. The first kappa shape index (κ1) is 54.9. The molecule has 0 aliphatic carbocycles. The third kappa shape index (κ3) is 12.8. The van der Waals surface area contributed by atoms with Crippen LogP contribution in [0.15, 0.2) is 110 Å². The molecule has 0 saturated carbocycles. The Morgan fingerprint density at radius 1 is 0.767 bits per heavy atom. The maximum Gasteiger partial charge on any atom is 0.336 e. The minimum Gasteiger partial charge on any atom is -0.497 e. The number of methoxy groups -OCH3 is 2. The van der Waals surface area contributed by atoms with Gasteiger partial charge in [-0.15, -0.1) is 0 Å². The maximum atomic E-state index is 14.3. The molecule has 0 spiro atoms. The normalized spacial score (nSPS) is 20.7. The number of aromatic nitrogens is 4. The first-order chi connectivity index (χ1) is 34.9. The van der Waals surface area contributed by atoms with Gasteiger partial charge in [0, 0.05) is 48.4 Å². The van der Waals surface area contributed by atoms with E-state index >= 15 is 0 Å². The number of benzene rings is 3. The van der Waals surface area contributed by atoms with Gasteiger partial charge in [0.1, 0.15) is 41.8 Å². The largest absolute Gasteiger partial charge is 0.497 e. The molecule has 2 saturated heterocycles. The molecule has 0 radical (unpaired) electrons. The lowest BCUT2D eigenvalue weighted by Gasteiger charge is -2.37. The Morgan fingerprint density at radius 2 is 1.27 bits per heavy atom. The summed E-state index contributed by atoms with van der Waals surface area (Å²) in [5.41, 5.74) is -1.43. The highest BCUT2D eigenvalue weighted by Gasteiger charge is 2.46. The van der Waals surface area contributed by atoms with Crippen molar-refractivity contribution in [3.8, 4) is 17.6 Å². The second-order valence-corrected chi connectivity index (χ2v) is 20.9. The van der Waals surface area contributed by atoms with Gasteiger partial charge in [-0.3, -0.25) is 32.9 Å². The topological polar surface area (TPSA) is 257 Å². The number of hydrogen-bond acceptors (Lipinski definition) is 16. The SMILES string of the molecule is COc1ccc(C(OC[C@H]2O[C@@H](n3cc(C)c(=O)[nH]c3=O)C[C@@H]2NS(=O)(=O)OC[C@H]2O[C@@H](n3cc(C)c(=O)[nH]c3=O)C[C@@H]2OP(OCCC#N)N(C(C)C)C(C)C)(c2ccccc2)c2ccc(OC)cc2)cc1. The number of aryl methyl sites for hydroxylation is 2. The Hall–Kier alpha value is -5.83. The highest BCUT2D eigenvalue weighted by atomic mass is 32.2. The molecule has 73 heavy (non-hydrogen) atoms. The smallest absolute Gasteiger partial charge is 0.336 e. The predicted octanol–water partition coefficient (Wildman–Crippen LogP) is 5.19. The molecule has 0 bridgehead atoms. The summed E-state index contributed by atoms with van der Waals surface area (Å²) in [6.45, 7) is 10.1. The number of nitriles is 1. The number of nitrogens with one attached hydrogen (secondary N) is 3. The van der Waals surface area contributed by atoms with Crippen molar-refractivity contribution in [2.24, 2.45) is 0 Å².